The second kappa shape index (κ2) is 9.48. The number of hydrogen-bond acceptors (Lipinski definition) is 2. The van der Waals surface area contributed by atoms with Gasteiger partial charge in [0.1, 0.15) is 0 Å². The maximum absolute atomic E-state index is 12.7. The molecule has 0 aromatic heterocycles. The van der Waals surface area contributed by atoms with Crippen molar-refractivity contribution in [3.63, 3.8) is 0 Å². The third-order valence-electron chi connectivity index (χ3n) is 5.66. The molecule has 32 heavy (non-hydrogen) atoms. The van der Waals surface area contributed by atoms with E-state index >= 15 is 0 Å². The van der Waals surface area contributed by atoms with E-state index in [-0.39, 0.29) is 23.9 Å². The van der Waals surface area contributed by atoms with Crippen molar-refractivity contribution in [1.29, 1.82) is 0 Å². The molecule has 2 atom stereocenters. The molecule has 2 N–H and O–H groups in total. The lowest BCUT2D eigenvalue weighted by Crippen LogP contribution is -2.26. The third kappa shape index (κ3) is 4.86. The van der Waals surface area contributed by atoms with Crippen LogP contribution in [0, 0.1) is 0 Å². The zero-order chi connectivity index (χ0) is 22.5. The van der Waals surface area contributed by atoms with E-state index < -0.39 is 0 Å². The SMILES string of the molecule is CC(NC(=O)c1ccc2cc(C(=O)NC(C)c3ccccc3)ccc2c1)c1ccccc1. The monoisotopic (exact) mass is 422 g/mol. The Kier molecular flexibility index (Phi) is 6.31. The van der Waals surface area contributed by atoms with Crippen LogP contribution >= 0.6 is 0 Å². The fraction of sp³-hybridized carbons (Fsp3) is 0.143. The number of hydrogen-bond donors (Lipinski definition) is 2. The summed E-state index contributed by atoms with van der Waals surface area (Å²) in [6.45, 7) is 3.94. The summed E-state index contributed by atoms with van der Waals surface area (Å²) < 4.78 is 0. The first-order valence-electron chi connectivity index (χ1n) is 10.8. The largest absolute Gasteiger partial charge is 0.346 e. The number of rotatable bonds is 6. The Morgan fingerprint density at radius 1 is 0.562 bits per heavy atom. The molecule has 160 valence electrons. The molecule has 0 aliphatic carbocycles. The maximum atomic E-state index is 12.7. The Labute approximate surface area is 188 Å². The van der Waals surface area contributed by atoms with Crippen LogP contribution in [0.25, 0.3) is 10.8 Å². The minimum absolute atomic E-state index is 0.0860. The highest BCUT2D eigenvalue weighted by Crippen LogP contribution is 2.20. The molecule has 4 nitrogen and oxygen atoms in total. The quantitative estimate of drug-likeness (QED) is 0.411. The van der Waals surface area contributed by atoms with Crippen molar-refractivity contribution in [1.82, 2.24) is 10.6 Å². The van der Waals surface area contributed by atoms with Gasteiger partial charge in [-0.05, 0) is 60.0 Å². The molecule has 0 radical (unpaired) electrons. The number of fused-ring (bicyclic) bond motifs is 1. The van der Waals surface area contributed by atoms with Crippen LogP contribution in [0.1, 0.15) is 57.8 Å². The summed E-state index contributed by atoms with van der Waals surface area (Å²) >= 11 is 0. The first-order valence-corrected chi connectivity index (χ1v) is 10.8. The number of carbonyl (C=O) groups excluding carboxylic acids is 2. The Hall–Kier alpha value is -3.92. The minimum atomic E-state index is -0.123. The highest BCUT2D eigenvalue weighted by molar-refractivity contribution is 6.02. The Balaban J connectivity index is 1.47. The van der Waals surface area contributed by atoms with Crippen molar-refractivity contribution in [3.05, 3.63) is 119 Å². The van der Waals surface area contributed by atoms with Crippen LogP contribution in [0.3, 0.4) is 0 Å². The van der Waals surface area contributed by atoms with Gasteiger partial charge in [0.15, 0.2) is 0 Å². The summed E-state index contributed by atoms with van der Waals surface area (Å²) in [4.78, 5) is 25.5. The van der Waals surface area contributed by atoms with Gasteiger partial charge in [0.25, 0.3) is 11.8 Å². The molecule has 2 unspecified atom stereocenters. The summed E-state index contributed by atoms with van der Waals surface area (Å²) in [5, 5.41) is 7.91. The molecular weight excluding hydrogens is 396 g/mol. The van der Waals surface area contributed by atoms with Crippen LogP contribution < -0.4 is 10.6 Å². The van der Waals surface area contributed by atoms with Crippen molar-refractivity contribution >= 4 is 22.6 Å². The second-order valence-electron chi connectivity index (χ2n) is 7.99. The molecule has 0 spiro atoms. The van der Waals surface area contributed by atoms with Gasteiger partial charge >= 0.3 is 0 Å². The number of carbonyl (C=O) groups is 2. The molecule has 0 saturated heterocycles. The number of benzene rings is 4. The van der Waals surface area contributed by atoms with Gasteiger partial charge < -0.3 is 10.6 Å². The van der Waals surface area contributed by atoms with E-state index in [2.05, 4.69) is 10.6 Å². The van der Waals surface area contributed by atoms with E-state index in [0.29, 0.717) is 11.1 Å². The summed E-state index contributed by atoms with van der Waals surface area (Å²) in [7, 11) is 0. The highest BCUT2D eigenvalue weighted by atomic mass is 16.2. The van der Waals surface area contributed by atoms with Crippen LogP contribution in [0.4, 0.5) is 0 Å². The van der Waals surface area contributed by atoms with Gasteiger partial charge in [-0.25, -0.2) is 0 Å². The molecule has 0 fully saturated rings. The van der Waals surface area contributed by atoms with E-state index in [1.54, 1.807) is 12.1 Å². The minimum Gasteiger partial charge on any atom is -0.346 e. The molecule has 2 amide bonds. The highest BCUT2D eigenvalue weighted by Gasteiger charge is 2.14. The Bertz CT molecular complexity index is 1140. The fourth-order valence-corrected chi connectivity index (χ4v) is 3.74. The lowest BCUT2D eigenvalue weighted by Gasteiger charge is -2.15. The van der Waals surface area contributed by atoms with Crippen molar-refractivity contribution in [2.75, 3.05) is 0 Å². The molecule has 0 heterocycles. The molecule has 0 saturated carbocycles. The van der Waals surface area contributed by atoms with Gasteiger partial charge in [-0.1, -0.05) is 72.8 Å². The smallest absolute Gasteiger partial charge is 0.251 e. The first kappa shape index (κ1) is 21.3. The molecule has 4 aromatic rings. The molecule has 4 aromatic carbocycles. The number of nitrogens with one attached hydrogen (secondary N) is 2. The Morgan fingerprint density at radius 3 is 1.31 bits per heavy atom. The summed E-state index contributed by atoms with van der Waals surface area (Å²) in [6, 6.07) is 30.6. The third-order valence-corrected chi connectivity index (χ3v) is 5.66. The van der Waals surface area contributed by atoms with Crippen molar-refractivity contribution in [2.45, 2.75) is 25.9 Å². The average molecular weight is 423 g/mol. The van der Waals surface area contributed by atoms with Gasteiger partial charge in [0.05, 0.1) is 12.1 Å². The van der Waals surface area contributed by atoms with E-state index in [4.69, 9.17) is 0 Å². The van der Waals surface area contributed by atoms with Gasteiger partial charge in [-0.3, -0.25) is 9.59 Å². The zero-order valence-electron chi connectivity index (χ0n) is 18.2. The van der Waals surface area contributed by atoms with Gasteiger partial charge in [-0.2, -0.15) is 0 Å². The van der Waals surface area contributed by atoms with Crippen LogP contribution in [-0.4, -0.2) is 11.8 Å². The van der Waals surface area contributed by atoms with Crippen molar-refractivity contribution < 1.29 is 9.59 Å². The van der Waals surface area contributed by atoms with Crippen LogP contribution in [0.2, 0.25) is 0 Å². The van der Waals surface area contributed by atoms with Crippen LogP contribution in [0.5, 0.6) is 0 Å². The van der Waals surface area contributed by atoms with Crippen molar-refractivity contribution in [3.8, 4) is 0 Å². The van der Waals surface area contributed by atoms with E-state index in [9.17, 15) is 9.59 Å². The van der Waals surface area contributed by atoms with Gasteiger partial charge in [0.2, 0.25) is 0 Å². The lowest BCUT2D eigenvalue weighted by atomic mass is 10.0. The van der Waals surface area contributed by atoms with Crippen molar-refractivity contribution in [2.24, 2.45) is 0 Å². The van der Waals surface area contributed by atoms with E-state index in [1.165, 1.54) is 0 Å². The summed E-state index contributed by atoms with van der Waals surface area (Å²) in [5.74, 6) is -0.247. The van der Waals surface area contributed by atoms with Crippen LogP contribution in [0.15, 0.2) is 97.1 Å². The van der Waals surface area contributed by atoms with E-state index in [0.717, 1.165) is 21.9 Å². The normalized spacial score (nSPS) is 12.7. The van der Waals surface area contributed by atoms with Gasteiger partial charge in [-0.15, -0.1) is 0 Å². The summed E-state index contributed by atoms with van der Waals surface area (Å²) in [5.41, 5.74) is 3.30. The number of amides is 2. The lowest BCUT2D eigenvalue weighted by molar-refractivity contribution is 0.0931. The standard InChI is InChI=1S/C28H26N2O2/c1-19(21-9-5-3-6-10-21)29-27(31)25-15-13-24-18-26(16-14-23(24)17-25)28(32)30-20(2)22-11-7-4-8-12-22/h3-20H,1-2H3,(H,29,31)(H,30,32). The molecular formula is C28H26N2O2. The predicted octanol–water partition coefficient (Wildman–Crippen LogP) is 5.82. The fourth-order valence-electron chi connectivity index (χ4n) is 3.74. The molecule has 4 rings (SSSR count). The van der Waals surface area contributed by atoms with E-state index in [1.807, 2.05) is 98.8 Å². The molecule has 0 aliphatic rings. The topological polar surface area (TPSA) is 58.2 Å². The maximum Gasteiger partial charge on any atom is 0.251 e. The van der Waals surface area contributed by atoms with Crippen LogP contribution in [-0.2, 0) is 0 Å². The molecule has 0 bridgehead atoms. The Morgan fingerprint density at radius 2 is 0.938 bits per heavy atom. The first-order chi connectivity index (χ1) is 15.5. The zero-order valence-corrected chi connectivity index (χ0v) is 18.2. The second-order valence-corrected chi connectivity index (χ2v) is 7.99. The van der Waals surface area contributed by atoms with Gasteiger partial charge in [0, 0.05) is 11.1 Å². The predicted molar refractivity (Wildman–Crippen MR) is 129 cm³/mol. The molecule has 4 heteroatoms. The average Bonchev–Trinajstić information content (AvgIpc) is 2.84. The molecule has 0 aliphatic heterocycles. The summed E-state index contributed by atoms with van der Waals surface area (Å²) in [6.07, 6.45) is 0.